The van der Waals surface area contributed by atoms with Crippen LogP contribution in [0.5, 0.6) is 0 Å². The van der Waals surface area contributed by atoms with Gasteiger partial charge in [-0.15, -0.1) is 23.1 Å². The maximum Gasteiger partial charge on any atom is 0.287 e. The molecule has 0 spiro atoms. The summed E-state index contributed by atoms with van der Waals surface area (Å²) in [6, 6.07) is 15.8. The fraction of sp³-hybridized carbons (Fsp3) is 0.182. The van der Waals surface area contributed by atoms with Gasteiger partial charge in [0.2, 0.25) is 0 Å². The van der Waals surface area contributed by atoms with E-state index >= 15 is 0 Å². The number of thiophene rings is 1. The average Bonchev–Trinajstić information content (AvgIpc) is 3.38. The molecule has 3 aromatic heterocycles. The molecule has 0 saturated heterocycles. The van der Waals surface area contributed by atoms with Crippen LogP contribution in [0.3, 0.4) is 0 Å². The van der Waals surface area contributed by atoms with Gasteiger partial charge in [0.25, 0.3) is 5.91 Å². The first-order chi connectivity index (χ1) is 14.1. The zero-order valence-corrected chi connectivity index (χ0v) is 17.8. The molecule has 0 atom stereocenters. The van der Waals surface area contributed by atoms with Crippen molar-refractivity contribution >= 4 is 45.8 Å². The van der Waals surface area contributed by atoms with Crippen molar-refractivity contribution in [1.29, 1.82) is 0 Å². The fourth-order valence-corrected chi connectivity index (χ4v) is 4.77. The maximum absolute atomic E-state index is 12.9. The summed E-state index contributed by atoms with van der Waals surface area (Å²) in [4.78, 5) is 19.2. The molecule has 0 aliphatic rings. The molecule has 0 saturated carbocycles. The van der Waals surface area contributed by atoms with E-state index in [1.807, 2.05) is 61.5 Å². The van der Waals surface area contributed by atoms with Gasteiger partial charge in [0.15, 0.2) is 5.76 Å². The largest absolute Gasteiger partial charge is 0.451 e. The minimum absolute atomic E-state index is 0.209. The summed E-state index contributed by atoms with van der Waals surface area (Å²) in [5, 5.41) is 6.01. The van der Waals surface area contributed by atoms with Gasteiger partial charge < -0.3 is 14.6 Å². The number of fused-ring (bicyclic) bond motifs is 1. The molecular weight excluding hydrogens is 402 g/mol. The lowest BCUT2D eigenvalue weighted by molar-refractivity contribution is 0.0924. The van der Waals surface area contributed by atoms with E-state index in [0.29, 0.717) is 18.1 Å². The SMILES string of the molecule is CN(C)c1ccc(CNC(=O)c2oc3ccccc3c2CSc2cccs2)cn1. The number of nitrogens with zero attached hydrogens (tertiary/aromatic N) is 2. The summed E-state index contributed by atoms with van der Waals surface area (Å²) in [6.45, 7) is 0.397. The zero-order valence-electron chi connectivity index (χ0n) is 16.2. The van der Waals surface area contributed by atoms with E-state index in [2.05, 4.69) is 21.7 Å². The number of hydrogen-bond acceptors (Lipinski definition) is 6. The molecule has 148 valence electrons. The Morgan fingerprint density at radius 3 is 2.76 bits per heavy atom. The Morgan fingerprint density at radius 2 is 2.03 bits per heavy atom. The molecule has 1 aromatic carbocycles. The summed E-state index contributed by atoms with van der Waals surface area (Å²) in [6.07, 6.45) is 1.78. The molecule has 1 N–H and O–H groups in total. The predicted molar refractivity (Wildman–Crippen MR) is 120 cm³/mol. The Kier molecular flexibility index (Phi) is 5.87. The molecule has 5 nitrogen and oxygen atoms in total. The molecule has 1 amide bonds. The third-order valence-electron chi connectivity index (χ3n) is 4.48. The van der Waals surface area contributed by atoms with Crippen LogP contribution in [0, 0.1) is 0 Å². The second-order valence-corrected chi connectivity index (χ2v) is 8.95. The van der Waals surface area contributed by atoms with Crippen LogP contribution in [0.2, 0.25) is 0 Å². The molecule has 0 fully saturated rings. The smallest absolute Gasteiger partial charge is 0.287 e. The van der Waals surface area contributed by atoms with Crippen molar-refractivity contribution in [1.82, 2.24) is 10.3 Å². The molecule has 7 heteroatoms. The first-order valence-electron chi connectivity index (χ1n) is 9.19. The van der Waals surface area contributed by atoms with Gasteiger partial charge in [-0.3, -0.25) is 4.79 Å². The van der Waals surface area contributed by atoms with Crippen LogP contribution in [0.15, 0.2) is 68.7 Å². The summed E-state index contributed by atoms with van der Waals surface area (Å²) >= 11 is 3.41. The quantitative estimate of drug-likeness (QED) is 0.415. The molecule has 0 bridgehead atoms. The van der Waals surface area contributed by atoms with Crippen molar-refractivity contribution in [3.63, 3.8) is 0 Å². The van der Waals surface area contributed by atoms with E-state index in [1.54, 1.807) is 29.3 Å². The van der Waals surface area contributed by atoms with Crippen molar-refractivity contribution in [3.05, 3.63) is 77.0 Å². The van der Waals surface area contributed by atoms with Gasteiger partial charge in [0, 0.05) is 43.5 Å². The van der Waals surface area contributed by atoms with Crippen molar-refractivity contribution in [2.24, 2.45) is 0 Å². The second-order valence-electron chi connectivity index (χ2n) is 6.73. The first-order valence-corrected chi connectivity index (χ1v) is 11.1. The number of aromatic nitrogens is 1. The van der Waals surface area contributed by atoms with Crippen molar-refractivity contribution in [3.8, 4) is 0 Å². The Bertz CT molecular complexity index is 1100. The monoisotopic (exact) mass is 423 g/mol. The van der Waals surface area contributed by atoms with E-state index in [4.69, 9.17) is 4.42 Å². The summed E-state index contributed by atoms with van der Waals surface area (Å²) in [5.41, 5.74) is 2.60. The number of hydrogen-bond donors (Lipinski definition) is 1. The Hall–Kier alpha value is -2.77. The molecular formula is C22H21N3O2S2. The van der Waals surface area contributed by atoms with E-state index in [-0.39, 0.29) is 5.91 Å². The molecule has 0 aliphatic carbocycles. The highest BCUT2D eigenvalue weighted by Gasteiger charge is 2.20. The lowest BCUT2D eigenvalue weighted by atomic mass is 10.1. The van der Waals surface area contributed by atoms with Crippen LogP contribution in [0.25, 0.3) is 11.0 Å². The van der Waals surface area contributed by atoms with Gasteiger partial charge >= 0.3 is 0 Å². The predicted octanol–water partition coefficient (Wildman–Crippen LogP) is 5.18. The van der Waals surface area contributed by atoms with Crippen LogP contribution in [0.4, 0.5) is 5.82 Å². The van der Waals surface area contributed by atoms with E-state index in [1.165, 1.54) is 4.21 Å². The highest BCUT2D eigenvalue weighted by atomic mass is 32.2. The number of anilines is 1. The number of nitrogens with one attached hydrogen (secondary N) is 1. The molecule has 4 rings (SSSR count). The van der Waals surface area contributed by atoms with E-state index < -0.39 is 0 Å². The van der Waals surface area contributed by atoms with Crippen LogP contribution < -0.4 is 10.2 Å². The molecule has 4 aromatic rings. The van der Waals surface area contributed by atoms with Gasteiger partial charge in [-0.2, -0.15) is 0 Å². The minimum atomic E-state index is -0.209. The number of benzene rings is 1. The number of furan rings is 1. The highest BCUT2D eigenvalue weighted by molar-refractivity contribution is 8.00. The van der Waals surface area contributed by atoms with Crippen LogP contribution in [0.1, 0.15) is 21.7 Å². The molecule has 29 heavy (non-hydrogen) atoms. The maximum atomic E-state index is 12.9. The number of rotatable bonds is 7. The number of carbonyl (C=O) groups excluding carboxylic acids is 1. The number of para-hydroxylation sites is 1. The van der Waals surface area contributed by atoms with Gasteiger partial charge in [-0.25, -0.2) is 4.98 Å². The normalized spacial score (nSPS) is 11.0. The first kappa shape index (κ1) is 19.5. The second kappa shape index (κ2) is 8.71. The number of thioether (sulfide) groups is 1. The number of pyridine rings is 1. The van der Waals surface area contributed by atoms with Crippen molar-refractivity contribution < 1.29 is 9.21 Å². The fourth-order valence-electron chi connectivity index (χ4n) is 2.96. The summed E-state index contributed by atoms with van der Waals surface area (Å²) in [7, 11) is 3.89. The summed E-state index contributed by atoms with van der Waals surface area (Å²) in [5.74, 6) is 1.73. The molecule has 0 aliphatic heterocycles. The highest BCUT2D eigenvalue weighted by Crippen LogP contribution is 2.33. The van der Waals surface area contributed by atoms with E-state index in [9.17, 15) is 4.79 Å². The summed E-state index contributed by atoms with van der Waals surface area (Å²) < 4.78 is 7.14. The lowest BCUT2D eigenvalue weighted by Gasteiger charge is -2.11. The molecule has 3 heterocycles. The standard InChI is InChI=1S/C22H21N3O2S2/c1-25(2)19-10-9-15(12-23-19)13-24-22(26)21-17(14-29-20-8-5-11-28-20)16-6-3-4-7-18(16)27-21/h3-12H,13-14H2,1-2H3,(H,24,26). The van der Waals surface area contributed by atoms with Crippen LogP contribution >= 0.6 is 23.1 Å². The Labute approximate surface area is 177 Å². The lowest BCUT2D eigenvalue weighted by Crippen LogP contribution is -2.23. The number of amides is 1. The Morgan fingerprint density at radius 1 is 1.17 bits per heavy atom. The average molecular weight is 424 g/mol. The van der Waals surface area contributed by atoms with Gasteiger partial charge in [-0.1, -0.05) is 30.3 Å². The van der Waals surface area contributed by atoms with Crippen LogP contribution in [-0.2, 0) is 12.3 Å². The minimum Gasteiger partial charge on any atom is -0.451 e. The number of carbonyl (C=O) groups is 1. The van der Waals surface area contributed by atoms with Crippen LogP contribution in [-0.4, -0.2) is 25.0 Å². The van der Waals surface area contributed by atoms with Gasteiger partial charge in [-0.05, 0) is 29.1 Å². The Balaban J connectivity index is 1.52. The third-order valence-corrected chi connectivity index (χ3v) is 6.64. The molecule has 0 unspecified atom stereocenters. The van der Waals surface area contributed by atoms with Crippen molar-refractivity contribution in [2.45, 2.75) is 16.5 Å². The van der Waals surface area contributed by atoms with Crippen molar-refractivity contribution in [2.75, 3.05) is 19.0 Å². The third kappa shape index (κ3) is 4.46. The van der Waals surface area contributed by atoms with E-state index in [0.717, 1.165) is 27.9 Å². The van der Waals surface area contributed by atoms with Gasteiger partial charge in [0.05, 0.1) is 4.21 Å². The zero-order chi connectivity index (χ0) is 20.2. The van der Waals surface area contributed by atoms with Gasteiger partial charge in [0.1, 0.15) is 11.4 Å². The molecule has 0 radical (unpaired) electrons. The topological polar surface area (TPSA) is 58.4 Å².